The molecule has 0 aromatic heterocycles. The zero-order valence-electron chi connectivity index (χ0n) is 16.9. The van der Waals surface area contributed by atoms with Crippen molar-refractivity contribution >= 4 is 45.0 Å². The van der Waals surface area contributed by atoms with Crippen molar-refractivity contribution in [1.29, 1.82) is 0 Å². The molecule has 0 saturated heterocycles. The number of halogens is 1. The van der Waals surface area contributed by atoms with Gasteiger partial charge in [0.25, 0.3) is 0 Å². The zero-order valence-corrected chi connectivity index (χ0v) is 19.3. The smallest absolute Gasteiger partial charge is 0.243 e. The lowest BCUT2D eigenvalue weighted by Gasteiger charge is -2.30. The Morgan fingerprint density at radius 2 is 1.90 bits per heavy atom. The Balaban J connectivity index is 1.96. The van der Waals surface area contributed by atoms with E-state index in [9.17, 15) is 13.2 Å². The first-order valence-corrected chi connectivity index (χ1v) is 12.8. The average molecular weight is 455 g/mol. The molecular formula is C21H27ClN2O3S2. The Hall–Kier alpha value is -1.70. The largest absolute Gasteiger partial charge is 0.353 e. The van der Waals surface area contributed by atoms with E-state index in [0.717, 1.165) is 22.1 Å². The van der Waals surface area contributed by atoms with Crippen molar-refractivity contribution in [2.24, 2.45) is 0 Å². The molecule has 5 nitrogen and oxygen atoms in total. The maximum Gasteiger partial charge on any atom is 0.243 e. The second-order valence-corrected chi connectivity index (χ2v) is 10.2. The van der Waals surface area contributed by atoms with Crippen LogP contribution in [0.1, 0.15) is 24.5 Å². The van der Waals surface area contributed by atoms with Crippen LogP contribution in [0, 0.1) is 6.92 Å². The molecule has 0 radical (unpaired) electrons. The summed E-state index contributed by atoms with van der Waals surface area (Å²) in [5.74, 6) is 1.30. The van der Waals surface area contributed by atoms with E-state index in [1.165, 1.54) is 11.1 Å². The van der Waals surface area contributed by atoms with Gasteiger partial charge in [-0.05, 0) is 37.1 Å². The lowest BCUT2D eigenvalue weighted by Crippen LogP contribution is -2.49. The van der Waals surface area contributed by atoms with E-state index in [1.807, 2.05) is 0 Å². The molecule has 0 saturated carbocycles. The number of carbonyl (C=O) groups is 1. The van der Waals surface area contributed by atoms with E-state index in [-0.39, 0.29) is 5.91 Å². The first-order valence-electron chi connectivity index (χ1n) is 9.38. The summed E-state index contributed by atoms with van der Waals surface area (Å²) >= 11 is 7.74. The van der Waals surface area contributed by atoms with E-state index in [4.69, 9.17) is 11.6 Å². The van der Waals surface area contributed by atoms with E-state index in [1.54, 1.807) is 43.0 Å². The average Bonchev–Trinajstić information content (AvgIpc) is 2.66. The fraction of sp³-hybridized carbons (Fsp3) is 0.381. The minimum absolute atomic E-state index is 0.311. The Bertz CT molecular complexity index is 918. The highest BCUT2D eigenvalue weighted by molar-refractivity contribution is 7.98. The molecule has 0 aliphatic rings. The van der Waals surface area contributed by atoms with E-state index >= 15 is 0 Å². The van der Waals surface area contributed by atoms with Gasteiger partial charge in [-0.3, -0.25) is 9.10 Å². The number of benzene rings is 2. The SMILES string of the molecule is CCC(C(=O)NCCSCc1ccc(C)cc1)N(c1cccc(Cl)c1)S(C)(=O)=O. The van der Waals surface area contributed by atoms with E-state index in [2.05, 4.69) is 36.5 Å². The van der Waals surface area contributed by atoms with E-state index in [0.29, 0.717) is 23.7 Å². The van der Waals surface area contributed by atoms with Crippen LogP contribution < -0.4 is 9.62 Å². The molecule has 0 aliphatic heterocycles. The Kier molecular flexibility index (Phi) is 8.86. The number of hydrogen-bond donors (Lipinski definition) is 1. The summed E-state index contributed by atoms with van der Waals surface area (Å²) in [5.41, 5.74) is 2.85. The zero-order chi connectivity index (χ0) is 21.4. The molecule has 0 fully saturated rings. The molecule has 0 spiro atoms. The highest BCUT2D eigenvalue weighted by Crippen LogP contribution is 2.25. The monoisotopic (exact) mass is 454 g/mol. The molecule has 1 N–H and O–H groups in total. The summed E-state index contributed by atoms with van der Waals surface area (Å²) in [6, 6.07) is 14.1. The fourth-order valence-corrected chi connectivity index (χ4v) is 5.12. The maximum absolute atomic E-state index is 12.7. The summed E-state index contributed by atoms with van der Waals surface area (Å²) < 4.78 is 26.0. The first kappa shape index (κ1) is 23.6. The minimum Gasteiger partial charge on any atom is -0.353 e. The Labute approximate surface area is 182 Å². The molecule has 2 aromatic rings. The van der Waals surface area contributed by atoms with Crippen LogP contribution in [0.5, 0.6) is 0 Å². The topological polar surface area (TPSA) is 66.5 Å². The second kappa shape index (κ2) is 10.9. The predicted octanol–water partition coefficient (Wildman–Crippen LogP) is 4.24. The number of anilines is 1. The molecule has 1 unspecified atom stereocenters. The third-order valence-electron chi connectivity index (χ3n) is 4.33. The molecule has 2 aromatic carbocycles. The molecule has 0 bridgehead atoms. The Morgan fingerprint density at radius 3 is 2.48 bits per heavy atom. The third-order valence-corrected chi connectivity index (χ3v) is 6.77. The van der Waals surface area contributed by atoms with Gasteiger partial charge in [-0.2, -0.15) is 11.8 Å². The highest BCUT2D eigenvalue weighted by Gasteiger charge is 2.31. The van der Waals surface area contributed by atoms with Crippen molar-refractivity contribution in [1.82, 2.24) is 5.32 Å². The molecule has 0 heterocycles. The normalized spacial score (nSPS) is 12.4. The van der Waals surface area contributed by atoms with Gasteiger partial charge in [-0.25, -0.2) is 8.42 Å². The van der Waals surface area contributed by atoms with Gasteiger partial charge in [-0.1, -0.05) is 54.4 Å². The van der Waals surface area contributed by atoms with Crippen LogP contribution in [0.25, 0.3) is 0 Å². The molecule has 0 aliphatic carbocycles. The van der Waals surface area contributed by atoms with Gasteiger partial charge in [-0.15, -0.1) is 0 Å². The van der Waals surface area contributed by atoms with Crippen LogP contribution in [0.15, 0.2) is 48.5 Å². The minimum atomic E-state index is -3.66. The van der Waals surface area contributed by atoms with Gasteiger partial charge < -0.3 is 5.32 Å². The van der Waals surface area contributed by atoms with Gasteiger partial charge in [0, 0.05) is 23.1 Å². The predicted molar refractivity (Wildman–Crippen MR) is 123 cm³/mol. The van der Waals surface area contributed by atoms with Crippen molar-refractivity contribution < 1.29 is 13.2 Å². The highest BCUT2D eigenvalue weighted by atomic mass is 35.5. The number of thioether (sulfide) groups is 1. The van der Waals surface area contributed by atoms with Crippen molar-refractivity contribution in [3.8, 4) is 0 Å². The van der Waals surface area contributed by atoms with Gasteiger partial charge in [0.2, 0.25) is 15.9 Å². The van der Waals surface area contributed by atoms with Crippen LogP contribution >= 0.6 is 23.4 Å². The number of rotatable bonds is 10. The lowest BCUT2D eigenvalue weighted by atomic mass is 10.2. The molecule has 1 amide bonds. The quantitative estimate of drug-likeness (QED) is 0.545. The summed E-state index contributed by atoms with van der Waals surface area (Å²) in [5, 5.41) is 3.28. The summed E-state index contributed by atoms with van der Waals surface area (Å²) in [6.45, 7) is 4.32. The van der Waals surface area contributed by atoms with Gasteiger partial charge in [0.1, 0.15) is 6.04 Å². The number of nitrogens with one attached hydrogen (secondary N) is 1. The second-order valence-electron chi connectivity index (χ2n) is 6.79. The molecule has 1 atom stereocenters. The van der Waals surface area contributed by atoms with E-state index < -0.39 is 16.1 Å². The standard InChI is InChI=1S/C21H27ClN2O3S2/c1-4-20(24(29(3,26)27)19-7-5-6-18(22)14-19)21(25)23-12-13-28-15-17-10-8-16(2)9-11-17/h5-11,14,20H,4,12-13,15H2,1-3H3,(H,23,25). The Morgan fingerprint density at radius 1 is 1.21 bits per heavy atom. The first-order chi connectivity index (χ1) is 13.7. The summed E-state index contributed by atoms with van der Waals surface area (Å²) in [6.07, 6.45) is 1.45. The van der Waals surface area contributed by atoms with Gasteiger partial charge >= 0.3 is 0 Å². The fourth-order valence-electron chi connectivity index (χ4n) is 2.91. The van der Waals surface area contributed by atoms with Gasteiger partial charge in [0.15, 0.2) is 0 Å². The molecule has 8 heteroatoms. The van der Waals surface area contributed by atoms with Crippen LogP contribution in [-0.4, -0.2) is 38.9 Å². The number of sulfonamides is 1. The van der Waals surface area contributed by atoms with Crippen molar-refractivity contribution in [3.05, 3.63) is 64.7 Å². The van der Waals surface area contributed by atoms with Crippen LogP contribution in [0.3, 0.4) is 0 Å². The molecule has 158 valence electrons. The maximum atomic E-state index is 12.7. The number of aryl methyl sites for hydroxylation is 1. The number of carbonyl (C=O) groups excluding carboxylic acids is 1. The van der Waals surface area contributed by atoms with Crippen LogP contribution in [-0.2, 0) is 20.6 Å². The van der Waals surface area contributed by atoms with Crippen molar-refractivity contribution in [2.75, 3.05) is 22.9 Å². The summed E-state index contributed by atoms with van der Waals surface area (Å²) in [7, 11) is -3.66. The number of hydrogen-bond acceptors (Lipinski definition) is 4. The van der Waals surface area contributed by atoms with Crippen LogP contribution in [0.4, 0.5) is 5.69 Å². The molecular weight excluding hydrogens is 428 g/mol. The van der Waals surface area contributed by atoms with Crippen LogP contribution in [0.2, 0.25) is 5.02 Å². The number of nitrogens with zero attached hydrogens (tertiary/aromatic N) is 1. The number of amides is 1. The van der Waals surface area contributed by atoms with Crippen molar-refractivity contribution in [2.45, 2.75) is 32.1 Å². The third kappa shape index (κ3) is 7.24. The van der Waals surface area contributed by atoms with Crippen molar-refractivity contribution in [3.63, 3.8) is 0 Å². The summed E-state index contributed by atoms with van der Waals surface area (Å²) in [4.78, 5) is 12.7. The van der Waals surface area contributed by atoms with Gasteiger partial charge in [0.05, 0.1) is 11.9 Å². The lowest BCUT2D eigenvalue weighted by molar-refractivity contribution is -0.122. The molecule has 29 heavy (non-hydrogen) atoms. The molecule has 2 rings (SSSR count).